The highest BCUT2D eigenvalue weighted by molar-refractivity contribution is 7.20. The van der Waals surface area contributed by atoms with Gasteiger partial charge in [0.15, 0.2) is 0 Å². The van der Waals surface area contributed by atoms with E-state index in [1.807, 2.05) is 28.9 Å². The fourth-order valence-corrected chi connectivity index (χ4v) is 5.74. The topological polar surface area (TPSA) is 53.7 Å². The summed E-state index contributed by atoms with van der Waals surface area (Å²) >= 11 is 1.64. The number of fused-ring (bicyclic) bond motifs is 1. The SMILES string of the molecule is CC(=O)N1CCN(c2nn3cc(-c4ccccc4)nc3s2)CC12CCCCC2. The lowest BCUT2D eigenvalue weighted by Crippen LogP contribution is -2.64. The molecule has 146 valence electrons. The molecule has 5 rings (SSSR count). The van der Waals surface area contributed by atoms with E-state index in [1.165, 1.54) is 19.3 Å². The summed E-state index contributed by atoms with van der Waals surface area (Å²) in [6.07, 6.45) is 7.90. The largest absolute Gasteiger partial charge is 0.343 e. The van der Waals surface area contributed by atoms with Gasteiger partial charge in [-0.2, -0.15) is 0 Å². The minimum Gasteiger partial charge on any atom is -0.343 e. The Bertz CT molecular complexity index is 957. The van der Waals surface area contributed by atoms with Gasteiger partial charge in [0.05, 0.1) is 17.4 Å². The van der Waals surface area contributed by atoms with Crippen LogP contribution in [0.1, 0.15) is 39.0 Å². The molecule has 0 atom stereocenters. The number of rotatable bonds is 2. The number of nitrogens with zero attached hydrogens (tertiary/aromatic N) is 5. The van der Waals surface area contributed by atoms with Crippen molar-refractivity contribution in [2.45, 2.75) is 44.6 Å². The average molecular weight is 396 g/mol. The molecule has 1 saturated carbocycles. The quantitative estimate of drug-likeness (QED) is 0.662. The molecular formula is C21H25N5OS. The zero-order chi connectivity index (χ0) is 19.1. The van der Waals surface area contributed by atoms with Crippen LogP contribution in [0.5, 0.6) is 0 Å². The van der Waals surface area contributed by atoms with Crippen molar-refractivity contribution in [3.8, 4) is 11.3 Å². The Morgan fingerprint density at radius 2 is 1.89 bits per heavy atom. The summed E-state index contributed by atoms with van der Waals surface area (Å²) in [5.74, 6) is 0.211. The molecule has 1 saturated heterocycles. The predicted octanol–water partition coefficient (Wildman–Crippen LogP) is 3.83. The molecule has 1 aliphatic heterocycles. The van der Waals surface area contributed by atoms with Crippen LogP contribution in [0, 0.1) is 0 Å². The fraction of sp³-hybridized carbons (Fsp3) is 0.476. The number of imidazole rings is 1. The molecule has 0 unspecified atom stereocenters. The van der Waals surface area contributed by atoms with Crippen LogP contribution < -0.4 is 4.90 Å². The van der Waals surface area contributed by atoms with Crippen molar-refractivity contribution in [1.82, 2.24) is 19.5 Å². The van der Waals surface area contributed by atoms with E-state index in [2.05, 4.69) is 21.9 Å². The van der Waals surface area contributed by atoms with E-state index >= 15 is 0 Å². The molecule has 2 aliphatic rings. The number of benzene rings is 1. The van der Waals surface area contributed by atoms with Crippen LogP contribution in [0.3, 0.4) is 0 Å². The number of anilines is 1. The number of hydrogen-bond acceptors (Lipinski definition) is 5. The third-order valence-corrected chi connectivity index (χ3v) is 7.17. The van der Waals surface area contributed by atoms with Crippen molar-refractivity contribution >= 4 is 27.3 Å². The average Bonchev–Trinajstić information content (AvgIpc) is 3.28. The Morgan fingerprint density at radius 1 is 1.11 bits per heavy atom. The van der Waals surface area contributed by atoms with Gasteiger partial charge in [0, 0.05) is 32.1 Å². The van der Waals surface area contributed by atoms with E-state index in [-0.39, 0.29) is 11.4 Å². The molecule has 1 aliphatic carbocycles. The second kappa shape index (κ2) is 6.88. The van der Waals surface area contributed by atoms with Gasteiger partial charge < -0.3 is 9.80 Å². The summed E-state index contributed by atoms with van der Waals surface area (Å²) in [4.78, 5) is 22.5. The zero-order valence-electron chi connectivity index (χ0n) is 16.2. The normalized spacial score (nSPS) is 19.5. The van der Waals surface area contributed by atoms with Crippen molar-refractivity contribution in [1.29, 1.82) is 0 Å². The van der Waals surface area contributed by atoms with Gasteiger partial charge in [0.25, 0.3) is 0 Å². The van der Waals surface area contributed by atoms with E-state index in [1.54, 1.807) is 18.3 Å². The summed E-state index contributed by atoms with van der Waals surface area (Å²) in [6.45, 7) is 4.22. The molecule has 1 amide bonds. The molecule has 3 heterocycles. The van der Waals surface area contributed by atoms with Gasteiger partial charge in [-0.1, -0.05) is 60.9 Å². The maximum absolute atomic E-state index is 12.3. The highest BCUT2D eigenvalue weighted by Crippen LogP contribution is 2.39. The Balaban J connectivity index is 1.42. The van der Waals surface area contributed by atoms with Gasteiger partial charge in [-0.3, -0.25) is 4.79 Å². The first-order chi connectivity index (χ1) is 13.6. The monoisotopic (exact) mass is 395 g/mol. The molecule has 28 heavy (non-hydrogen) atoms. The number of carbonyl (C=O) groups is 1. The summed E-state index contributed by atoms with van der Waals surface area (Å²) in [6, 6.07) is 10.2. The first kappa shape index (κ1) is 17.7. The van der Waals surface area contributed by atoms with E-state index in [9.17, 15) is 4.79 Å². The van der Waals surface area contributed by atoms with Crippen LogP contribution in [0.25, 0.3) is 16.2 Å². The van der Waals surface area contributed by atoms with Gasteiger partial charge in [0.2, 0.25) is 16.0 Å². The second-order valence-corrected chi connectivity index (χ2v) is 8.92. The Labute approximate surface area is 168 Å². The van der Waals surface area contributed by atoms with Crippen LogP contribution >= 0.6 is 11.3 Å². The molecule has 2 aromatic heterocycles. The fourth-order valence-electron chi connectivity index (χ4n) is 4.84. The van der Waals surface area contributed by atoms with E-state index < -0.39 is 0 Å². The molecule has 0 radical (unpaired) electrons. The summed E-state index contributed by atoms with van der Waals surface area (Å²) in [5, 5.41) is 5.84. The van der Waals surface area contributed by atoms with Gasteiger partial charge >= 0.3 is 0 Å². The molecule has 0 bridgehead atoms. The van der Waals surface area contributed by atoms with Crippen molar-refractivity contribution in [3.05, 3.63) is 36.5 Å². The standard InChI is InChI=1S/C21H25N5OS/c1-16(27)25-13-12-24(15-21(25)10-6-3-7-11-21)20-23-26-14-18(22-19(26)28-20)17-8-4-2-5-9-17/h2,4-5,8-9,14H,3,6-7,10-13,15H2,1H3. The van der Waals surface area contributed by atoms with Crippen molar-refractivity contribution in [3.63, 3.8) is 0 Å². The predicted molar refractivity (Wildman–Crippen MR) is 112 cm³/mol. The molecule has 1 aromatic carbocycles. The molecule has 0 N–H and O–H groups in total. The minimum absolute atomic E-state index is 0.0225. The summed E-state index contributed by atoms with van der Waals surface area (Å²) < 4.78 is 1.90. The number of carbonyl (C=O) groups excluding carboxylic acids is 1. The number of amides is 1. The zero-order valence-corrected chi connectivity index (χ0v) is 17.0. The maximum Gasteiger partial charge on any atom is 0.220 e. The summed E-state index contributed by atoms with van der Waals surface area (Å²) in [5.41, 5.74) is 2.04. The van der Waals surface area contributed by atoms with E-state index in [4.69, 9.17) is 10.1 Å². The van der Waals surface area contributed by atoms with Gasteiger partial charge in [-0.25, -0.2) is 9.50 Å². The van der Waals surface area contributed by atoms with Crippen molar-refractivity contribution in [2.75, 3.05) is 24.5 Å². The number of piperazine rings is 1. The number of aromatic nitrogens is 3. The van der Waals surface area contributed by atoms with Crippen LogP contribution in [0.15, 0.2) is 36.5 Å². The first-order valence-corrected chi connectivity index (χ1v) is 10.9. The Hall–Kier alpha value is -2.41. The van der Waals surface area contributed by atoms with Crippen LogP contribution in [0.2, 0.25) is 0 Å². The van der Waals surface area contributed by atoms with Crippen LogP contribution in [-0.4, -0.2) is 50.6 Å². The Morgan fingerprint density at radius 3 is 2.61 bits per heavy atom. The van der Waals surface area contributed by atoms with Gasteiger partial charge in [-0.15, -0.1) is 5.10 Å². The lowest BCUT2D eigenvalue weighted by Gasteiger charge is -2.52. The van der Waals surface area contributed by atoms with Crippen LogP contribution in [0.4, 0.5) is 5.13 Å². The van der Waals surface area contributed by atoms with Crippen molar-refractivity contribution < 1.29 is 4.79 Å². The summed E-state index contributed by atoms with van der Waals surface area (Å²) in [7, 11) is 0. The lowest BCUT2D eigenvalue weighted by molar-refractivity contribution is -0.137. The first-order valence-electron chi connectivity index (χ1n) is 10.1. The highest BCUT2D eigenvalue weighted by atomic mass is 32.1. The van der Waals surface area contributed by atoms with Crippen LogP contribution in [-0.2, 0) is 4.79 Å². The molecule has 1 spiro atoms. The number of hydrogen-bond donors (Lipinski definition) is 0. The maximum atomic E-state index is 12.3. The molecule has 6 nitrogen and oxygen atoms in total. The lowest BCUT2D eigenvalue weighted by atomic mass is 9.78. The molecular weight excluding hydrogens is 370 g/mol. The molecule has 3 aromatic rings. The second-order valence-electron chi connectivity index (χ2n) is 7.98. The minimum atomic E-state index is -0.0225. The van der Waals surface area contributed by atoms with Gasteiger partial charge in [0.1, 0.15) is 0 Å². The van der Waals surface area contributed by atoms with E-state index in [0.29, 0.717) is 0 Å². The highest BCUT2D eigenvalue weighted by Gasteiger charge is 2.44. The van der Waals surface area contributed by atoms with E-state index in [0.717, 1.165) is 53.8 Å². The smallest absolute Gasteiger partial charge is 0.220 e. The third kappa shape index (κ3) is 2.98. The Kier molecular flexibility index (Phi) is 4.34. The van der Waals surface area contributed by atoms with Gasteiger partial charge in [-0.05, 0) is 12.8 Å². The molecule has 7 heteroatoms. The van der Waals surface area contributed by atoms with Crippen molar-refractivity contribution in [2.24, 2.45) is 0 Å². The third-order valence-electron chi connectivity index (χ3n) is 6.19. The molecule has 2 fully saturated rings.